The van der Waals surface area contributed by atoms with Gasteiger partial charge in [-0.3, -0.25) is 24.6 Å². The van der Waals surface area contributed by atoms with Crippen molar-refractivity contribution in [2.24, 2.45) is 11.8 Å². The molecule has 1 aromatic heterocycles. The molecule has 1 aromatic rings. The molecule has 1 N–H and O–H groups in total. The van der Waals surface area contributed by atoms with E-state index in [0.29, 0.717) is 23.9 Å². The van der Waals surface area contributed by atoms with E-state index in [2.05, 4.69) is 15.5 Å². The van der Waals surface area contributed by atoms with Crippen LogP contribution in [0, 0.1) is 11.8 Å². The Morgan fingerprint density at radius 1 is 1.21 bits per heavy atom. The van der Waals surface area contributed by atoms with E-state index in [4.69, 9.17) is 0 Å². The summed E-state index contributed by atoms with van der Waals surface area (Å²) >= 11 is 1.36. The third-order valence-electron chi connectivity index (χ3n) is 4.91. The Kier molecular flexibility index (Phi) is 3.71. The van der Waals surface area contributed by atoms with Crippen molar-refractivity contribution >= 4 is 34.2 Å². The maximum atomic E-state index is 12.5. The van der Waals surface area contributed by atoms with Gasteiger partial charge in [0.15, 0.2) is 0 Å². The van der Waals surface area contributed by atoms with E-state index in [1.807, 2.05) is 12.2 Å². The summed E-state index contributed by atoms with van der Waals surface area (Å²) in [5.41, 5.74) is 0. The van der Waals surface area contributed by atoms with E-state index < -0.39 is 11.9 Å². The van der Waals surface area contributed by atoms with Crippen LogP contribution in [-0.4, -0.2) is 38.9 Å². The molecule has 7 nitrogen and oxygen atoms in total. The fourth-order valence-corrected chi connectivity index (χ4v) is 4.23. The number of allylic oxidation sites excluding steroid dienone is 2. The molecule has 2 fully saturated rings. The molecule has 24 heavy (non-hydrogen) atoms. The van der Waals surface area contributed by atoms with Crippen LogP contribution in [0.1, 0.15) is 43.5 Å². The first kappa shape index (κ1) is 15.4. The fraction of sp³-hybridized carbons (Fsp3) is 0.562. The van der Waals surface area contributed by atoms with Crippen molar-refractivity contribution in [2.75, 3.05) is 5.32 Å². The van der Waals surface area contributed by atoms with Crippen molar-refractivity contribution in [1.29, 1.82) is 0 Å². The second kappa shape index (κ2) is 5.77. The number of nitrogens with zero attached hydrogens (tertiary/aromatic N) is 3. The quantitative estimate of drug-likeness (QED) is 0.662. The van der Waals surface area contributed by atoms with E-state index in [1.165, 1.54) is 11.3 Å². The maximum absolute atomic E-state index is 12.5. The SMILES string of the molecule is C[C@H](C(=O)Nc1nnc(C2CC2)s1)N1C(=O)[C@H]2CC=CC[C@H]2C1=O. The van der Waals surface area contributed by atoms with E-state index in [9.17, 15) is 14.4 Å². The van der Waals surface area contributed by atoms with Crippen LogP contribution in [0.3, 0.4) is 0 Å². The van der Waals surface area contributed by atoms with E-state index in [1.54, 1.807) is 6.92 Å². The molecular weight excluding hydrogens is 328 g/mol. The highest BCUT2D eigenvalue weighted by atomic mass is 32.1. The summed E-state index contributed by atoms with van der Waals surface area (Å²) in [6, 6.07) is -0.844. The number of amides is 3. The largest absolute Gasteiger partial charge is 0.299 e. The van der Waals surface area contributed by atoms with Gasteiger partial charge in [0.05, 0.1) is 11.8 Å². The number of hydrogen-bond donors (Lipinski definition) is 1. The van der Waals surface area contributed by atoms with Gasteiger partial charge in [-0.05, 0) is 32.6 Å². The van der Waals surface area contributed by atoms with Gasteiger partial charge in [-0.25, -0.2) is 0 Å². The molecule has 2 aliphatic carbocycles. The van der Waals surface area contributed by atoms with Gasteiger partial charge in [-0.1, -0.05) is 23.5 Å². The molecule has 126 valence electrons. The smallest absolute Gasteiger partial charge is 0.249 e. The topological polar surface area (TPSA) is 92.3 Å². The van der Waals surface area contributed by atoms with E-state index >= 15 is 0 Å². The van der Waals surface area contributed by atoms with Crippen molar-refractivity contribution in [3.05, 3.63) is 17.2 Å². The first-order valence-corrected chi connectivity index (χ1v) is 9.04. The molecule has 3 amide bonds. The van der Waals surface area contributed by atoms with Crippen molar-refractivity contribution < 1.29 is 14.4 Å². The van der Waals surface area contributed by atoms with Gasteiger partial charge in [0.2, 0.25) is 22.9 Å². The van der Waals surface area contributed by atoms with E-state index in [0.717, 1.165) is 22.7 Å². The van der Waals surface area contributed by atoms with Gasteiger partial charge in [0.1, 0.15) is 11.0 Å². The summed E-state index contributed by atoms with van der Waals surface area (Å²) < 4.78 is 0. The number of anilines is 1. The fourth-order valence-electron chi connectivity index (χ4n) is 3.32. The molecule has 0 aromatic carbocycles. The van der Waals surface area contributed by atoms with Crippen LogP contribution >= 0.6 is 11.3 Å². The highest BCUT2D eigenvalue weighted by Gasteiger charge is 2.50. The monoisotopic (exact) mass is 346 g/mol. The number of imide groups is 1. The van der Waals surface area contributed by atoms with Gasteiger partial charge in [0.25, 0.3) is 0 Å². The Balaban J connectivity index is 1.46. The third-order valence-corrected chi connectivity index (χ3v) is 5.91. The maximum Gasteiger partial charge on any atom is 0.249 e. The Morgan fingerprint density at radius 3 is 2.42 bits per heavy atom. The lowest BCUT2D eigenvalue weighted by atomic mass is 9.85. The zero-order chi connectivity index (χ0) is 16.8. The zero-order valence-electron chi connectivity index (χ0n) is 13.3. The van der Waals surface area contributed by atoms with Crippen LogP contribution in [-0.2, 0) is 14.4 Å². The Hall–Kier alpha value is -2.09. The molecule has 2 heterocycles. The third kappa shape index (κ3) is 2.54. The molecule has 3 atom stereocenters. The zero-order valence-corrected chi connectivity index (χ0v) is 14.1. The number of aromatic nitrogens is 2. The van der Waals surface area contributed by atoms with Crippen molar-refractivity contribution in [1.82, 2.24) is 15.1 Å². The highest BCUT2D eigenvalue weighted by molar-refractivity contribution is 7.15. The van der Waals surface area contributed by atoms with Crippen molar-refractivity contribution in [2.45, 2.75) is 44.6 Å². The number of fused-ring (bicyclic) bond motifs is 1. The van der Waals surface area contributed by atoms with Gasteiger partial charge in [-0.2, -0.15) is 0 Å². The summed E-state index contributed by atoms with van der Waals surface area (Å²) in [4.78, 5) is 38.6. The van der Waals surface area contributed by atoms with Gasteiger partial charge in [-0.15, -0.1) is 10.2 Å². The predicted molar refractivity (Wildman–Crippen MR) is 87.2 cm³/mol. The second-order valence-electron chi connectivity index (χ2n) is 6.59. The summed E-state index contributed by atoms with van der Waals surface area (Å²) in [5.74, 6) is -1.05. The number of nitrogens with one attached hydrogen (secondary N) is 1. The summed E-state index contributed by atoms with van der Waals surface area (Å²) in [6.07, 6.45) is 7.24. The second-order valence-corrected chi connectivity index (χ2v) is 7.60. The number of likely N-dealkylation sites (tertiary alicyclic amines) is 1. The lowest BCUT2D eigenvalue weighted by Gasteiger charge is -2.21. The molecule has 8 heteroatoms. The van der Waals surface area contributed by atoms with Crippen LogP contribution in [0.4, 0.5) is 5.13 Å². The molecule has 1 aliphatic heterocycles. The summed E-state index contributed by atoms with van der Waals surface area (Å²) in [6.45, 7) is 1.58. The minimum absolute atomic E-state index is 0.243. The van der Waals surface area contributed by atoms with Crippen molar-refractivity contribution in [3.8, 4) is 0 Å². The van der Waals surface area contributed by atoms with Crippen LogP contribution in [0.25, 0.3) is 0 Å². The number of carbonyl (C=O) groups excluding carboxylic acids is 3. The van der Waals surface area contributed by atoms with Crippen LogP contribution in [0.2, 0.25) is 0 Å². The molecule has 0 spiro atoms. The Labute approximate surface area is 143 Å². The average molecular weight is 346 g/mol. The van der Waals surface area contributed by atoms with Crippen LogP contribution in [0.15, 0.2) is 12.2 Å². The van der Waals surface area contributed by atoms with Crippen LogP contribution < -0.4 is 5.32 Å². The average Bonchev–Trinajstić information content (AvgIpc) is 3.28. The van der Waals surface area contributed by atoms with Gasteiger partial charge in [0, 0.05) is 5.92 Å². The van der Waals surface area contributed by atoms with Gasteiger partial charge >= 0.3 is 0 Å². The van der Waals surface area contributed by atoms with E-state index in [-0.39, 0.29) is 23.7 Å². The molecule has 3 aliphatic rings. The first-order valence-electron chi connectivity index (χ1n) is 8.22. The van der Waals surface area contributed by atoms with Crippen LogP contribution in [0.5, 0.6) is 0 Å². The predicted octanol–water partition coefficient (Wildman–Crippen LogP) is 1.69. The number of carbonyl (C=O) groups is 3. The first-order chi connectivity index (χ1) is 11.6. The summed E-state index contributed by atoms with van der Waals surface area (Å²) in [5, 5.41) is 12.1. The molecule has 0 bridgehead atoms. The standard InChI is InChI=1S/C16H18N4O3S/c1-8(12(21)17-16-19-18-13(24-16)9-6-7-9)20-14(22)10-4-2-3-5-11(10)15(20)23/h2-3,8-11H,4-7H2,1H3,(H,17,19,21)/t8-,10-,11+/m1/s1. The Bertz CT molecular complexity index is 713. The number of rotatable bonds is 4. The lowest BCUT2D eigenvalue weighted by molar-refractivity contribution is -0.146. The minimum atomic E-state index is -0.844. The van der Waals surface area contributed by atoms with Crippen molar-refractivity contribution in [3.63, 3.8) is 0 Å². The molecular formula is C16H18N4O3S. The molecule has 1 saturated carbocycles. The van der Waals surface area contributed by atoms with Gasteiger partial charge < -0.3 is 0 Å². The molecule has 4 rings (SSSR count). The number of hydrogen-bond acceptors (Lipinski definition) is 6. The Morgan fingerprint density at radius 2 is 1.83 bits per heavy atom. The lowest BCUT2D eigenvalue weighted by Crippen LogP contribution is -2.46. The molecule has 0 unspecified atom stereocenters. The molecule has 0 radical (unpaired) electrons. The normalized spacial score (nSPS) is 27.3. The summed E-state index contributed by atoms with van der Waals surface area (Å²) in [7, 11) is 0. The highest BCUT2D eigenvalue weighted by Crippen LogP contribution is 2.42. The minimum Gasteiger partial charge on any atom is -0.299 e. The molecule has 1 saturated heterocycles.